The van der Waals surface area contributed by atoms with E-state index in [9.17, 15) is 0 Å². The minimum Gasteiger partial charge on any atom is -0.368 e. The second kappa shape index (κ2) is 4.90. The number of aromatic nitrogens is 2. The average Bonchev–Trinajstić information content (AvgIpc) is 2.36. The number of hydrogen-bond acceptors (Lipinski definition) is 4. The van der Waals surface area contributed by atoms with Gasteiger partial charge in [-0.1, -0.05) is 26.0 Å². The van der Waals surface area contributed by atoms with E-state index in [2.05, 4.69) is 29.1 Å². The molecular weight excluding hydrogens is 224 g/mol. The highest BCUT2D eigenvalue weighted by Gasteiger charge is 2.16. The Morgan fingerprint density at radius 1 is 1.17 bits per heavy atom. The molecule has 2 aromatic rings. The molecule has 0 atom stereocenters. The van der Waals surface area contributed by atoms with Crippen LogP contribution in [-0.4, -0.2) is 23.1 Å². The summed E-state index contributed by atoms with van der Waals surface area (Å²) >= 11 is 0. The van der Waals surface area contributed by atoms with Crippen LogP contribution in [0.15, 0.2) is 24.3 Å². The fourth-order valence-electron chi connectivity index (χ4n) is 1.65. The fraction of sp³-hybridized carbons (Fsp3) is 0.429. The number of para-hydroxylation sites is 2. The van der Waals surface area contributed by atoms with Crippen molar-refractivity contribution in [2.75, 3.05) is 18.4 Å². The summed E-state index contributed by atoms with van der Waals surface area (Å²) in [5.41, 5.74) is 8.54. The standard InChI is InChI=1S/C14H20N4/c1-10-13(16-9-14(2,3)8-15)18-12-7-5-4-6-11(12)17-10/h4-7H,8-9,15H2,1-3H3,(H,16,18). The molecule has 0 unspecified atom stereocenters. The third kappa shape index (κ3) is 2.76. The number of anilines is 1. The van der Waals surface area contributed by atoms with Gasteiger partial charge < -0.3 is 11.1 Å². The van der Waals surface area contributed by atoms with Gasteiger partial charge in [0.25, 0.3) is 0 Å². The third-order valence-electron chi connectivity index (χ3n) is 3.03. The van der Waals surface area contributed by atoms with Gasteiger partial charge in [-0.3, -0.25) is 0 Å². The van der Waals surface area contributed by atoms with Crippen molar-refractivity contribution in [3.8, 4) is 0 Å². The van der Waals surface area contributed by atoms with E-state index in [1.54, 1.807) is 0 Å². The summed E-state index contributed by atoms with van der Waals surface area (Å²) in [6, 6.07) is 7.89. The van der Waals surface area contributed by atoms with Gasteiger partial charge in [-0.15, -0.1) is 0 Å². The Kier molecular flexibility index (Phi) is 3.48. The van der Waals surface area contributed by atoms with Crippen molar-refractivity contribution in [2.24, 2.45) is 11.1 Å². The summed E-state index contributed by atoms with van der Waals surface area (Å²) in [6.45, 7) is 7.66. The third-order valence-corrected chi connectivity index (χ3v) is 3.03. The molecule has 4 nitrogen and oxygen atoms in total. The second-order valence-corrected chi connectivity index (χ2v) is 5.37. The minimum absolute atomic E-state index is 0.0553. The number of fused-ring (bicyclic) bond motifs is 1. The van der Waals surface area contributed by atoms with E-state index in [4.69, 9.17) is 5.73 Å². The molecule has 0 fully saturated rings. The molecule has 4 heteroatoms. The van der Waals surface area contributed by atoms with Gasteiger partial charge in [-0.05, 0) is 31.0 Å². The first-order valence-electron chi connectivity index (χ1n) is 6.19. The first-order valence-corrected chi connectivity index (χ1v) is 6.19. The minimum atomic E-state index is 0.0553. The Morgan fingerprint density at radius 2 is 1.78 bits per heavy atom. The summed E-state index contributed by atoms with van der Waals surface area (Å²) in [6.07, 6.45) is 0. The molecule has 0 aliphatic carbocycles. The van der Waals surface area contributed by atoms with Gasteiger partial charge in [0, 0.05) is 6.54 Å². The highest BCUT2D eigenvalue weighted by molar-refractivity contribution is 5.76. The van der Waals surface area contributed by atoms with Gasteiger partial charge in [-0.2, -0.15) is 0 Å². The quantitative estimate of drug-likeness (QED) is 0.866. The molecule has 1 aromatic carbocycles. The van der Waals surface area contributed by atoms with E-state index in [-0.39, 0.29) is 5.41 Å². The van der Waals surface area contributed by atoms with E-state index in [0.29, 0.717) is 6.54 Å². The van der Waals surface area contributed by atoms with Crippen LogP contribution < -0.4 is 11.1 Å². The number of hydrogen-bond donors (Lipinski definition) is 2. The Labute approximate surface area is 108 Å². The van der Waals surface area contributed by atoms with Gasteiger partial charge in [0.05, 0.1) is 16.7 Å². The lowest BCUT2D eigenvalue weighted by molar-refractivity contribution is 0.405. The van der Waals surface area contributed by atoms with Crippen LogP contribution in [0.1, 0.15) is 19.5 Å². The lowest BCUT2D eigenvalue weighted by Crippen LogP contribution is -2.31. The molecular formula is C14H20N4. The number of nitrogens with zero attached hydrogens (tertiary/aromatic N) is 2. The maximum Gasteiger partial charge on any atom is 0.148 e. The molecule has 0 saturated carbocycles. The van der Waals surface area contributed by atoms with E-state index >= 15 is 0 Å². The Hall–Kier alpha value is -1.68. The van der Waals surface area contributed by atoms with Crippen LogP contribution in [-0.2, 0) is 0 Å². The van der Waals surface area contributed by atoms with Crippen molar-refractivity contribution < 1.29 is 0 Å². The topological polar surface area (TPSA) is 63.8 Å². The summed E-state index contributed by atoms with van der Waals surface area (Å²) in [7, 11) is 0. The Balaban J connectivity index is 2.25. The van der Waals surface area contributed by atoms with Crippen LogP contribution in [0.3, 0.4) is 0 Å². The van der Waals surface area contributed by atoms with E-state index in [0.717, 1.165) is 29.1 Å². The smallest absolute Gasteiger partial charge is 0.148 e. The number of rotatable bonds is 4. The largest absolute Gasteiger partial charge is 0.368 e. The number of benzene rings is 1. The normalized spacial score (nSPS) is 11.8. The van der Waals surface area contributed by atoms with E-state index in [1.807, 2.05) is 31.2 Å². The zero-order valence-corrected chi connectivity index (χ0v) is 11.2. The summed E-state index contributed by atoms with van der Waals surface area (Å²) in [5.74, 6) is 0.843. The highest BCUT2D eigenvalue weighted by atomic mass is 15.0. The molecule has 1 heterocycles. The lowest BCUT2D eigenvalue weighted by atomic mass is 9.94. The number of nitrogens with one attached hydrogen (secondary N) is 1. The van der Waals surface area contributed by atoms with E-state index < -0.39 is 0 Å². The second-order valence-electron chi connectivity index (χ2n) is 5.37. The SMILES string of the molecule is Cc1nc2ccccc2nc1NCC(C)(C)CN. The van der Waals surface area contributed by atoms with Gasteiger partial charge >= 0.3 is 0 Å². The predicted molar refractivity (Wildman–Crippen MR) is 75.6 cm³/mol. The highest BCUT2D eigenvalue weighted by Crippen LogP contribution is 2.18. The molecule has 0 saturated heterocycles. The molecule has 0 aliphatic rings. The molecule has 3 N–H and O–H groups in total. The fourth-order valence-corrected chi connectivity index (χ4v) is 1.65. The summed E-state index contributed by atoms with van der Waals surface area (Å²) in [4.78, 5) is 9.14. The average molecular weight is 244 g/mol. The van der Waals surface area contributed by atoms with Crippen molar-refractivity contribution in [3.05, 3.63) is 30.0 Å². The Morgan fingerprint density at radius 3 is 2.39 bits per heavy atom. The molecule has 0 aliphatic heterocycles. The van der Waals surface area contributed by atoms with Crippen molar-refractivity contribution in [2.45, 2.75) is 20.8 Å². The maximum absolute atomic E-state index is 5.72. The van der Waals surface area contributed by atoms with Crippen LogP contribution in [0.5, 0.6) is 0 Å². The molecule has 18 heavy (non-hydrogen) atoms. The maximum atomic E-state index is 5.72. The molecule has 0 spiro atoms. The number of aryl methyl sites for hydroxylation is 1. The van der Waals surface area contributed by atoms with Crippen molar-refractivity contribution in [1.82, 2.24) is 9.97 Å². The molecule has 0 amide bonds. The first-order chi connectivity index (χ1) is 8.52. The monoisotopic (exact) mass is 244 g/mol. The zero-order valence-electron chi connectivity index (χ0n) is 11.2. The Bertz CT molecular complexity index is 548. The molecule has 0 radical (unpaired) electrons. The summed E-state index contributed by atoms with van der Waals surface area (Å²) in [5, 5.41) is 3.34. The van der Waals surface area contributed by atoms with Gasteiger partial charge in [0.1, 0.15) is 5.82 Å². The molecule has 0 bridgehead atoms. The van der Waals surface area contributed by atoms with Crippen LogP contribution in [0, 0.1) is 12.3 Å². The molecule has 96 valence electrons. The van der Waals surface area contributed by atoms with Crippen LogP contribution in [0.2, 0.25) is 0 Å². The van der Waals surface area contributed by atoms with Crippen LogP contribution in [0.4, 0.5) is 5.82 Å². The van der Waals surface area contributed by atoms with Crippen molar-refractivity contribution in [3.63, 3.8) is 0 Å². The van der Waals surface area contributed by atoms with Crippen molar-refractivity contribution in [1.29, 1.82) is 0 Å². The van der Waals surface area contributed by atoms with Crippen LogP contribution >= 0.6 is 0 Å². The summed E-state index contributed by atoms with van der Waals surface area (Å²) < 4.78 is 0. The van der Waals surface area contributed by atoms with Gasteiger partial charge in [0.2, 0.25) is 0 Å². The number of nitrogens with two attached hydrogens (primary N) is 1. The lowest BCUT2D eigenvalue weighted by Gasteiger charge is -2.23. The van der Waals surface area contributed by atoms with Crippen molar-refractivity contribution >= 4 is 16.9 Å². The predicted octanol–water partition coefficient (Wildman–Crippen LogP) is 2.34. The van der Waals surface area contributed by atoms with Crippen LogP contribution in [0.25, 0.3) is 11.0 Å². The van der Waals surface area contributed by atoms with Gasteiger partial charge in [-0.25, -0.2) is 9.97 Å². The zero-order chi connectivity index (χ0) is 13.2. The van der Waals surface area contributed by atoms with Gasteiger partial charge in [0.15, 0.2) is 0 Å². The molecule has 2 rings (SSSR count). The first kappa shape index (κ1) is 12.8. The molecule has 1 aromatic heterocycles. The van der Waals surface area contributed by atoms with E-state index in [1.165, 1.54) is 0 Å².